The fraction of sp³-hybridized carbons (Fsp3) is 0.250. The van der Waals surface area contributed by atoms with Crippen LogP contribution in [0.25, 0.3) is 6.08 Å². The van der Waals surface area contributed by atoms with E-state index in [2.05, 4.69) is 42.8 Å². The van der Waals surface area contributed by atoms with E-state index in [1.807, 2.05) is 55.6 Å². The zero-order valence-corrected chi connectivity index (χ0v) is 15.6. The number of para-hydroxylation sites is 1. The average Bonchev–Trinajstić information content (AvgIpc) is 2.52. The summed E-state index contributed by atoms with van der Waals surface area (Å²) in [4.78, 5) is 14.2. The second-order valence-corrected chi connectivity index (χ2v) is 7.46. The molecular weight excluding hydrogens is 350 g/mol. The van der Waals surface area contributed by atoms with Crippen LogP contribution in [0.1, 0.15) is 31.9 Å². The first-order valence-electron chi connectivity index (χ1n) is 7.60. The molecule has 0 radical (unpaired) electrons. The summed E-state index contributed by atoms with van der Waals surface area (Å²) in [7, 11) is 1.82. The molecule has 0 atom stereocenters. The van der Waals surface area contributed by atoms with Crippen LogP contribution in [-0.4, -0.2) is 13.0 Å². The molecule has 0 heterocycles. The van der Waals surface area contributed by atoms with E-state index >= 15 is 0 Å². The van der Waals surface area contributed by atoms with E-state index in [0.717, 1.165) is 21.3 Å². The van der Waals surface area contributed by atoms with Crippen LogP contribution in [0, 0.1) is 0 Å². The van der Waals surface area contributed by atoms with Crippen molar-refractivity contribution in [3.8, 4) is 0 Å². The SMILES string of the molecule is CN(C(=O)/C=C/c1ccc(Br)cc1)c1ccccc1C(C)(C)C. The van der Waals surface area contributed by atoms with Crippen LogP contribution in [0.2, 0.25) is 0 Å². The molecule has 0 saturated carbocycles. The predicted molar refractivity (Wildman–Crippen MR) is 102 cm³/mol. The fourth-order valence-electron chi connectivity index (χ4n) is 2.37. The van der Waals surface area contributed by atoms with Gasteiger partial charge in [0, 0.05) is 23.3 Å². The van der Waals surface area contributed by atoms with Crippen molar-refractivity contribution in [1.29, 1.82) is 0 Å². The Bertz CT molecular complexity index is 711. The van der Waals surface area contributed by atoms with Gasteiger partial charge in [0.05, 0.1) is 0 Å². The van der Waals surface area contributed by atoms with Gasteiger partial charge in [-0.1, -0.05) is 67.0 Å². The minimum Gasteiger partial charge on any atom is -0.312 e. The number of hydrogen-bond donors (Lipinski definition) is 0. The van der Waals surface area contributed by atoms with E-state index in [9.17, 15) is 4.79 Å². The summed E-state index contributed by atoms with van der Waals surface area (Å²) in [6, 6.07) is 15.9. The molecule has 0 aliphatic carbocycles. The molecule has 2 aromatic carbocycles. The predicted octanol–water partition coefficient (Wildman–Crippen LogP) is 5.42. The summed E-state index contributed by atoms with van der Waals surface area (Å²) in [5.41, 5.74) is 3.10. The molecule has 0 unspecified atom stereocenters. The molecule has 3 heteroatoms. The van der Waals surface area contributed by atoms with Gasteiger partial charge in [-0.3, -0.25) is 4.79 Å². The molecule has 0 aliphatic heterocycles. The Hall–Kier alpha value is -1.87. The van der Waals surface area contributed by atoms with Crippen LogP contribution in [-0.2, 0) is 10.2 Å². The first-order valence-corrected chi connectivity index (χ1v) is 8.39. The number of anilines is 1. The molecule has 0 saturated heterocycles. The monoisotopic (exact) mass is 371 g/mol. The van der Waals surface area contributed by atoms with Crippen LogP contribution in [0.4, 0.5) is 5.69 Å². The average molecular weight is 372 g/mol. The molecule has 23 heavy (non-hydrogen) atoms. The highest BCUT2D eigenvalue weighted by Gasteiger charge is 2.21. The maximum absolute atomic E-state index is 12.5. The lowest BCUT2D eigenvalue weighted by Crippen LogP contribution is -2.27. The summed E-state index contributed by atoms with van der Waals surface area (Å²) in [6.45, 7) is 6.46. The summed E-state index contributed by atoms with van der Waals surface area (Å²) in [5, 5.41) is 0. The Kier molecular flexibility index (Phi) is 5.42. The Balaban J connectivity index is 2.22. The highest BCUT2D eigenvalue weighted by Crippen LogP contribution is 2.31. The van der Waals surface area contributed by atoms with Crippen LogP contribution in [0.15, 0.2) is 59.1 Å². The Morgan fingerprint density at radius 1 is 1.04 bits per heavy atom. The highest BCUT2D eigenvalue weighted by molar-refractivity contribution is 9.10. The van der Waals surface area contributed by atoms with E-state index in [1.165, 1.54) is 0 Å². The van der Waals surface area contributed by atoms with Crippen LogP contribution < -0.4 is 4.90 Å². The molecule has 0 aliphatic rings. The molecule has 1 amide bonds. The van der Waals surface area contributed by atoms with Crippen molar-refractivity contribution in [2.45, 2.75) is 26.2 Å². The normalized spacial score (nSPS) is 11.7. The maximum Gasteiger partial charge on any atom is 0.250 e. The van der Waals surface area contributed by atoms with E-state index in [4.69, 9.17) is 0 Å². The number of nitrogens with zero attached hydrogens (tertiary/aromatic N) is 1. The van der Waals surface area contributed by atoms with Gasteiger partial charge >= 0.3 is 0 Å². The number of hydrogen-bond acceptors (Lipinski definition) is 1. The van der Waals surface area contributed by atoms with Crippen molar-refractivity contribution >= 4 is 33.6 Å². The van der Waals surface area contributed by atoms with Crippen molar-refractivity contribution in [2.24, 2.45) is 0 Å². The van der Waals surface area contributed by atoms with Gasteiger partial charge in [-0.25, -0.2) is 0 Å². The lowest BCUT2D eigenvalue weighted by atomic mass is 9.85. The second kappa shape index (κ2) is 7.14. The van der Waals surface area contributed by atoms with Gasteiger partial charge in [-0.05, 0) is 40.8 Å². The second-order valence-electron chi connectivity index (χ2n) is 6.55. The third-order valence-corrected chi connectivity index (χ3v) is 4.22. The zero-order chi connectivity index (χ0) is 17.0. The van der Waals surface area contributed by atoms with Crippen molar-refractivity contribution in [2.75, 3.05) is 11.9 Å². The third-order valence-electron chi connectivity index (χ3n) is 3.69. The van der Waals surface area contributed by atoms with Crippen LogP contribution in [0.3, 0.4) is 0 Å². The molecule has 0 N–H and O–H groups in total. The van der Waals surface area contributed by atoms with Gasteiger partial charge in [-0.2, -0.15) is 0 Å². The van der Waals surface area contributed by atoms with Gasteiger partial charge in [0.15, 0.2) is 0 Å². The number of halogens is 1. The van der Waals surface area contributed by atoms with Crippen LogP contribution >= 0.6 is 15.9 Å². The highest BCUT2D eigenvalue weighted by atomic mass is 79.9. The van der Waals surface area contributed by atoms with Crippen LogP contribution in [0.5, 0.6) is 0 Å². The number of likely N-dealkylation sites (N-methyl/N-ethyl adjacent to an activating group) is 1. The molecule has 0 bridgehead atoms. The number of carbonyl (C=O) groups excluding carboxylic acids is 1. The van der Waals surface area contributed by atoms with Gasteiger partial charge < -0.3 is 4.90 Å². The summed E-state index contributed by atoms with van der Waals surface area (Å²) in [5.74, 6) is -0.0374. The first-order chi connectivity index (χ1) is 10.8. The Morgan fingerprint density at radius 2 is 1.65 bits per heavy atom. The lowest BCUT2D eigenvalue weighted by Gasteiger charge is -2.27. The zero-order valence-electron chi connectivity index (χ0n) is 14.0. The smallest absolute Gasteiger partial charge is 0.250 e. The largest absolute Gasteiger partial charge is 0.312 e. The molecule has 0 aromatic heterocycles. The standard InChI is InChI=1S/C20H22BrNO/c1-20(2,3)17-7-5-6-8-18(17)22(4)19(23)14-11-15-9-12-16(21)13-10-15/h5-14H,1-4H3/b14-11+. The Labute approximate surface area is 147 Å². The summed E-state index contributed by atoms with van der Waals surface area (Å²) in [6.07, 6.45) is 3.45. The topological polar surface area (TPSA) is 20.3 Å². The van der Waals surface area contributed by atoms with E-state index in [-0.39, 0.29) is 11.3 Å². The summed E-state index contributed by atoms with van der Waals surface area (Å²) < 4.78 is 1.03. The molecule has 120 valence electrons. The van der Waals surface area contributed by atoms with Gasteiger partial charge in [0.1, 0.15) is 0 Å². The number of benzene rings is 2. The number of amides is 1. The van der Waals surface area contributed by atoms with Gasteiger partial charge in [-0.15, -0.1) is 0 Å². The first kappa shape index (κ1) is 17.5. The van der Waals surface area contributed by atoms with E-state index in [0.29, 0.717) is 0 Å². The molecule has 2 aromatic rings. The third kappa shape index (κ3) is 4.55. The van der Waals surface area contributed by atoms with E-state index < -0.39 is 0 Å². The Morgan fingerprint density at radius 3 is 2.26 bits per heavy atom. The van der Waals surface area contributed by atoms with Gasteiger partial charge in [0.2, 0.25) is 0 Å². The quantitative estimate of drug-likeness (QED) is 0.659. The minimum absolute atomic E-state index is 0.0133. The molecule has 2 nitrogen and oxygen atoms in total. The van der Waals surface area contributed by atoms with Crippen molar-refractivity contribution in [3.05, 3.63) is 70.2 Å². The minimum atomic E-state index is -0.0374. The van der Waals surface area contributed by atoms with E-state index in [1.54, 1.807) is 11.0 Å². The van der Waals surface area contributed by atoms with Crippen molar-refractivity contribution in [1.82, 2.24) is 0 Å². The molecule has 2 rings (SSSR count). The molecular formula is C20H22BrNO. The lowest BCUT2D eigenvalue weighted by molar-refractivity contribution is -0.113. The summed E-state index contributed by atoms with van der Waals surface area (Å²) >= 11 is 3.41. The molecule has 0 spiro atoms. The van der Waals surface area contributed by atoms with Gasteiger partial charge in [0.25, 0.3) is 5.91 Å². The number of rotatable bonds is 3. The van der Waals surface area contributed by atoms with Crippen molar-refractivity contribution in [3.63, 3.8) is 0 Å². The fourth-order valence-corrected chi connectivity index (χ4v) is 2.64. The number of carbonyl (C=O) groups is 1. The maximum atomic E-state index is 12.5. The molecule has 0 fully saturated rings. The van der Waals surface area contributed by atoms with Crippen molar-refractivity contribution < 1.29 is 4.79 Å².